The molecule has 2 aliphatic rings. The maximum atomic E-state index is 6.26. The second kappa shape index (κ2) is 5.59. The van der Waals surface area contributed by atoms with Gasteiger partial charge in [0, 0.05) is 24.7 Å². The van der Waals surface area contributed by atoms with Gasteiger partial charge in [0.25, 0.3) is 0 Å². The van der Waals surface area contributed by atoms with Crippen LogP contribution in [-0.2, 0) is 0 Å². The van der Waals surface area contributed by atoms with Crippen LogP contribution in [0.5, 0.6) is 5.75 Å². The summed E-state index contributed by atoms with van der Waals surface area (Å²) in [6.45, 7) is 2.50. The van der Waals surface area contributed by atoms with Gasteiger partial charge in [-0.15, -0.1) is 0 Å². The van der Waals surface area contributed by atoms with E-state index in [1.807, 2.05) is 18.2 Å². The van der Waals surface area contributed by atoms with Crippen molar-refractivity contribution in [1.29, 1.82) is 0 Å². The number of halogens is 1. The molecule has 1 aromatic carbocycles. The number of fused-ring (bicyclic) bond motifs is 1. The summed E-state index contributed by atoms with van der Waals surface area (Å²) >= 11 is 6.26. The molecular formula is C15H21ClN2O. The van der Waals surface area contributed by atoms with Gasteiger partial charge < -0.3 is 15.0 Å². The third-order valence-corrected chi connectivity index (χ3v) is 4.68. The average molecular weight is 281 g/mol. The van der Waals surface area contributed by atoms with Gasteiger partial charge in [0.15, 0.2) is 0 Å². The lowest BCUT2D eigenvalue weighted by Crippen LogP contribution is -2.42. The first-order valence-corrected chi connectivity index (χ1v) is 7.48. The Kier molecular flexibility index (Phi) is 3.85. The molecule has 2 saturated heterocycles. The van der Waals surface area contributed by atoms with Gasteiger partial charge in [0.05, 0.1) is 17.8 Å². The zero-order chi connectivity index (χ0) is 13.2. The van der Waals surface area contributed by atoms with Crippen molar-refractivity contribution in [3.05, 3.63) is 23.2 Å². The molecule has 2 unspecified atom stereocenters. The van der Waals surface area contributed by atoms with E-state index in [0.29, 0.717) is 6.04 Å². The highest BCUT2D eigenvalue weighted by atomic mass is 35.5. The first-order chi connectivity index (χ1) is 9.26. The van der Waals surface area contributed by atoms with Crippen molar-refractivity contribution in [2.45, 2.75) is 37.8 Å². The fraction of sp³-hybridized carbons (Fsp3) is 0.600. The van der Waals surface area contributed by atoms with Crippen LogP contribution in [0.15, 0.2) is 18.2 Å². The van der Waals surface area contributed by atoms with Crippen LogP contribution in [0.2, 0.25) is 5.02 Å². The monoisotopic (exact) mass is 280 g/mol. The van der Waals surface area contributed by atoms with E-state index in [2.05, 4.69) is 10.2 Å². The van der Waals surface area contributed by atoms with Gasteiger partial charge in [-0.25, -0.2) is 0 Å². The van der Waals surface area contributed by atoms with Crippen molar-refractivity contribution in [3.63, 3.8) is 0 Å². The zero-order valence-corrected chi connectivity index (χ0v) is 12.1. The molecule has 2 fully saturated rings. The molecule has 3 rings (SSSR count). The fourth-order valence-corrected chi connectivity index (χ4v) is 3.49. The summed E-state index contributed by atoms with van der Waals surface area (Å²) < 4.78 is 5.26. The minimum absolute atomic E-state index is 0.531. The third-order valence-electron chi connectivity index (χ3n) is 4.35. The maximum absolute atomic E-state index is 6.26. The number of hydrogen-bond acceptors (Lipinski definition) is 3. The highest BCUT2D eigenvalue weighted by Crippen LogP contribution is 2.32. The Hall–Kier alpha value is -0.930. The summed E-state index contributed by atoms with van der Waals surface area (Å²) in [6, 6.07) is 7.09. The van der Waals surface area contributed by atoms with Gasteiger partial charge in [0.1, 0.15) is 5.75 Å². The molecule has 0 saturated carbocycles. The minimum atomic E-state index is 0.531. The van der Waals surface area contributed by atoms with Crippen LogP contribution in [0, 0.1) is 0 Å². The number of hydrogen-bond donors (Lipinski definition) is 1. The highest BCUT2D eigenvalue weighted by Gasteiger charge is 2.31. The van der Waals surface area contributed by atoms with E-state index in [9.17, 15) is 0 Å². The Morgan fingerprint density at radius 2 is 2.21 bits per heavy atom. The van der Waals surface area contributed by atoms with Gasteiger partial charge >= 0.3 is 0 Å². The van der Waals surface area contributed by atoms with E-state index in [-0.39, 0.29) is 0 Å². The first-order valence-electron chi connectivity index (χ1n) is 7.10. The quantitative estimate of drug-likeness (QED) is 0.919. The highest BCUT2D eigenvalue weighted by molar-refractivity contribution is 6.33. The number of ether oxygens (including phenoxy) is 1. The molecule has 104 valence electrons. The second-order valence-corrected chi connectivity index (χ2v) is 5.95. The standard InChI is InChI=1S/C15H21ClN2O/c1-19-13-4-5-14(16)15(10-13)17-11-6-8-18-7-2-3-12(18)9-11/h4-5,10-12,17H,2-3,6-9H2,1H3. The van der Waals surface area contributed by atoms with E-state index in [4.69, 9.17) is 16.3 Å². The van der Waals surface area contributed by atoms with Crippen molar-refractivity contribution < 1.29 is 4.74 Å². The smallest absolute Gasteiger partial charge is 0.121 e. The van der Waals surface area contributed by atoms with Gasteiger partial charge in [-0.05, 0) is 44.4 Å². The molecule has 0 amide bonds. The van der Waals surface area contributed by atoms with Crippen LogP contribution in [0.3, 0.4) is 0 Å². The van der Waals surface area contributed by atoms with Crippen molar-refractivity contribution in [1.82, 2.24) is 4.90 Å². The Bertz CT molecular complexity index is 452. The normalized spacial score (nSPS) is 27.1. The lowest BCUT2D eigenvalue weighted by atomic mass is 9.97. The molecule has 3 nitrogen and oxygen atoms in total. The predicted octanol–water partition coefficient (Wildman–Crippen LogP) is 3.39. The zero-order valence-electron chi connectivity index (χ0n) is 11.4. The molecule has 0 aromatic heterocycles. The molecule has 0 spiro atoms. The summed E-state index contributed by atoms with van der Waals surface area (Å²) in [5.41, 5.74) is 0.998. The Balaban J connectivity index is 1.68. The van der Waals surface area contributed by atoms with Crippen molar-refractivity contribution in [2.75, 3.05) is 25.5 Å². The SMILES string of the molecule is COc1ccc(Cl)c(NC2CCN3CCCC3C2)c1. The summed E-state index contributed by atoms with van der Waals surface area (Å²) in [5, 5.41) is 4.37. The predicted molar refractivity (Wildman–Crippen MR) is 79.2 cm³/mol. The summed E-state index contributed by atoms with van der Waals surface area (Å²) in [6.07, 6.45) is 5.14. The van der Waals surface area contributed by atoms with E-state index >= 15 is 0 Å². The molecule has 2 aliphatic heterocycles. The Morgan fingerprint density at radius 3 is 3.05 bits per heavy atom. The van der Waals surface area contributed by atoms with Gasteiger partial charge in [-0.3, -0.25) is 0 Å². The molecule has 1 aromatic rings. The number of nitrogens with one attached hydrogen (secondary N) is 1. The number of benzene rings is 1. The van der Waals surface area contributed by atoms with Gasteiger partial charge in [0.2, 0.25) is 0 Å². The first kappa shape index (κ1) is 13.1. The fourth-order valence-electron chi connectivity index (χ4n) is 3.32. The van der Waals surface area contributed by atoms with Crippen LogP contribution >= 0.6 is 11.6 Å². The molecule has 2 heterocycles. The Labute approximate surface area is 119 Å². The number of methoxy groups -OCH3 is 1. The van der Waals surface area contributed by atoms with E-state index in [0.717, 1.165) is 22.5 Å². The lowest BCUT2D eigenvalue weighted by Gasteiger charge is -2.35. The molecule has 0 aliphatic carbocycles. The van der Waals surface area contributed by atoms with E-state index in [1.165, 1.54) is 38.8 Å². The molecular weight excluding hydrogens is 260 g/mol. The van der Waals surface area contributed by atoms with Crippen LogP contribution in [-0.4, -0.2) is 37.2 Å². The van der Waals surface area contributed by atoms with Crippen molar-refractivity contribution in [2.24, 2.45) is 0 Å². The minimum Gasteiger partial charge on any atom is -0.497 e. The maximum Gasteiger partial charge on any atom is 0.121 e. The molecule has 2 atom stereocenters. The third kappa shape index (κ3) is 2.82. The Morgan fingerprint density at radius 1 is 1.32 bits per heavy atom. The van der Waals surface area contributed by atoms with Crippen LogP contribution < -0.4 is 10.1 Å². The molecule has 4 heteroatoms. The summed E-state index contributed by atoms with van der Waals surface area (Å²) in [7, 11) is 1.68. The molecule has 1 N–H and O–H groups in total. The molecule has 19 heavy (non-hydrogen) atoms. The summed E-state index contributed by atoms with van der Waals surface area (Å²) in [4.78, 5) is 2.63. The second-order valence-electron chi connectivity index (χ2n) is 5.54. The number of piperidine rings is 1. The van der Waals surface area contributed by atoms with Crippen molar-refractivity contribution >= 4 is 17.3 Å². The molecule has 0 bridgehead atoms. The van der Waals surface area contributed by atoms with Gasteiger partial charge in [-0.2, -0.15) is 0 Å². The number of anilines is 1. The number of nitrogens with zero attached hydrogens (tertiary/aromatic N) is 1. The largest absolute Gasteiger partial charge is 0.497 e. The van der Waals surface area contributed by atoms with Crippen LogP contribution in [0.4, 0.5) is 5.69 Å². The summed E-state index contributed by atoms with van der Waals surface area (Å²) in [5.74, 6) is 0.852. The topological polar surface area (TPSA) is 24.5 Å². The van der Waals surface area contributed by atoms with Crippen molar-refractivity contribution in [3.8, 4) is 5.75 Å². The van der Waals surface area contributed by atoms with Crippen LogP contribution in [0.25, 0.3) is 0 Å². The van der Waals surface area contributed by atoms with E-state index < -0.39 is 0 Å². The van der Waals surface area contributed by atoms with Gasteiger partial charge in [-0.1, -0.05) is 11.6 Å². The lowest BCUT2D eigenvalue weighted by molar-refractivity contribution is 0.188. The van der Waals surface area contributed by atoms with E-state index in [1.54, 1.807) is 7.11 Å². The van der Waals surface area contributed by atoms with Crippen LogP contribution in [0.1, 0.15) is 25.7 Å². The average Bonchev–Trinajstić information content (AvgIpc) is 2.89. The number of rotatable bonds is 3. The molecule has 0 radical (unpaired) electrons.